The molecule has 0 heterocycles. The molecule has 0 aliphatic carbocycles. The van der Waals surface area contributed by atoms with Gasteiger partial charge in [0.1, 0.15) is 0 Å². The van der Waals surface area contributed by atoms with Crippen LogP contribution in [0.15, 0.2) is 0 Å². The molecule has 0 aromatic heterocycles. The maximum absolute atomic E-state index is 5.86. The molecule has 0 fully saturated rings. The Labute approximate surface area is 111 Å². The fourth-order valence-corrected chi connectivity index (χ4v) is 3.57. The van der Waals surface area contributed by atoms with Crippen molar-refractivity contribution in [1.82, 2.24) is 0 Å². The van der Waals surface area contributed by atoms with Gasteiger partial charge in [-0.25, -0.2) is 0 Å². The number of hydrogen-bond acceptors (Lipinski definition) is 6. The van der Waals surface area contributed by atoms with E-state index in [2.05, 4.69) is 0 Å². The SMILES string of the molecule is CCO[Si](OCC)(OCCCN)OC(C)CCN. The summed E-state index contributed by atoms with van der Waals surface area (Å²) in [5.74, 6) is 0. The Morgan fingerprint density at radius 2 is 1.61 bits per heavy atom. The largest absolute Gasteiger partial charge is 0.679 e. The van der Waals surface area contributed by atoms with Crippen LogP contribution in [0.5, 0.6) is 0 Å². The van der Waals surface area contributed by atoms with E-state index in [-0.39, 0.29) is 6.10 Å². The quantitative estimate of drug-likeness (QED) is 0.402. The van der Waals surface area contributed by atoms with E-state index in [9.17, 15) is 0 Å². The molecule has 6 nitrogen and oxygen atoms in total. The minimum absolute atomic E-state index is 0.0438. The van der Waals surface area contributed by atoms with E-state index in [1.807, 2.05) is 20.8 Å². The second kappa shape index (κ2) is 10.9. The Kier molecular flexibility index (Phi) is 10.8. The third-order valence-corrected chi connectivity index (χ3v) is 4.72. The Balaban J connectivity index is 4.50. The van der Waals surface area contributed by atoms with Crippen molar-refractivity contribution in [3.05, 3.63) is 0 Å². The predicted octanol–water partition coefficient (Wildman–Crippen LogP) is 0.614. The van der Waals surface area contributed by atoms with Crippen molar-refractivity contribution in [2.75, 3.05) is 32.9 Å². The highest BCUT2D eigenvalue weighted by atomic mass is 28.4. The van der Waals surface area contributed by atoms with E-state index in [4.69, 9.17) is 29.2 Å². The van der Waals surface area contributed by atoms with Gasteiger partial charge in [-0.05, 0) is 46.7 Å². The van der Waals surface area contributed by atoms with Gasteiger partial charge in [0.25, 0.3) is 0 Å². The van der Waals surface area contributed by atoms with E-state index in [0.717, 1.165) is 12.8 Å². The zero-order chi connectivity index (χ0) is 13.9. The zero-order valence-electron chi connectivity index (χ0n) is 11.8. The molecule has 0 radical (unpaired) electrons. The molecule has 4 N–H and O–H groups in total. The summed E-state index contributed by atoms with van der Waals surface area (Å²) in [6.45, 7) is 8.33. The lowest BCUT2D eigenvalue weighted by atomic mass is 10.3. The van der Waals surface area contributed by atoms with E-state index < -0.39 is 9.05 Å². The smallest absolute Gasteiger partial charge is 0.351 e. The topological polar surface area (TPSA) is 89.0 Å². The molecule has 7 heteroatoms. The Hall–Kier alpha value is -0.0231. The third kappa shape index (κ3) is 7.42. The van der Waals surface area contributed by atoms with Crippen molar-refractivity contribution in [3.8, 4) is 0 Å². The number of hydrogen-bond donors (Lipinski definition) is 2. The van der Waals surface area contributed by atoms with Crippen molar-refractivity contribution in [2.24, 2.45) is 11.5 Å². The van der Waals surface area contributed by atoms with Crippen molar-refractivity contribution in [2.45, 2.75) is 39.7 Å². The summed E-state index contributed by atoms with van der Waals surface area (Å²) in [7, 11) is -3.04. The molecule has 0 rings (SSSR count). The van der Waals surface area contributed by atoms with Crippen molar-refractivity contribution < 1.29 is 17.7 Å². The summed E-state index contributed by atoms with van der Waals surface area (Å²) in [4.78, 5) is 0. The summed E-state index contributed by atoms with van der Waals surface area (Å²) in [6, 6.07) is 0. The summed E-state index contributed by atoms with van der Waals surface area (Å²) in [6.07, 6.45) is 1.45. The fourth-order valence-electron chi connectivity index (χ4n) is 1.40. The van der Waals surface area contributed by atoms with Gasteiger partial charge in [0.15, 0.2) is 0 Å². The van der Waals surface area contributed by atoms with Gasteiger partial charge >= 0.3 is 9.05 Å². The van der Waals surface area contributed by atoms with Crippen LogP contribution in [0, 0.1) is 0 Å². The minimum atomic E-state index is -3.04. The van der Waals surface area contributed by atoms with Crippen LogP contribution in [0.4, 0.5) is 0 Å². The van der Waals surface area contributed by atoms with Crippen molar-refractivity contribution in [1.29, 1.82) is 0 Å². The highest BCUT2D eigenvalue weighted by Crippen LogP contribution is 2.16. The Morgan fingerprint density at radius 1 is 1.00 bits per heavy atom. The molecule has 0 saturated carbocycles. The molecule has 110 valence electrons. The monoisotopic (exact) mass is 280 g/mol. The Morgan fingerprint density at radius 3 is 2.06 bits per heavy atom. The molecule has 0 saturated heterocycles. The molecule has 0 aromatic carbocycles. The van der Waals surface area contributed by atoms with E-state index in [1.165, 1.54) is 0 Å². The fraction of sp³-hybridized carbons (Fsp3) is 1.00. The van der Waals surface area contributed by atoms with E-state index >= 15 is 0 Å². The molecule has 1 unspecified atom stereocenters. The summed E-state index contributed by atoms with van der Waals surface area (Å²) in [5.41, 5.74) is 11.0. The van der Waals surface area contributed by atoms with E-state index in [1.54, 1.807) is 0 Å². The first-order valence-electron chi connectivity index (χ1n) is 6.63. The molecule has 0 aliphatic heterocycles. The molecular weight excluding hydrogens is 252 g/mol. The van der Waals surface area contributed by atoms with Crippen LogP contribution in [-0.4, -0.2) is 48.1 Å². The summed E-state index contributed by atoms with van der Waals surface area (Å²) in [5, 5.41) is 0. The number of nitrogens with two attached hydrogens (primary N) is 2. The lowest BCUT2D eigenvalue weighted by Gasteiger charge is -2.30. The van der Waals surface area contributed by atoms with Crippen LogP contribution in [0.2, 0.25) is 0 Å². The molecule has 1 atom stereocenters. The molecular formula is C11H28N2O4Si. The van der Waals surface area contributed by atoms with Crippen molar-refractivity contribution in [3.63, 3.8) is 0 Å². The standard InChI is InChI=1S/C11H28N2O4Si/c1-4-14-18(15-5-2,16-10-6-8-12)17-11(3)7-9-13/h11H,4-10,12-13H2,1-3H3. The summed E-state index contributed by atoms with van der Waals surface area (Å²) < 4.78 is 22.8. The van der Waals surface area contributed by atoms with E-state index in [0.29, 0.717) is 32.9 Å². The van der Waals surface area contributed by atoms with Crippen LogP contribution in [0.1, 0.15) is 33.6 Å². The Bertz CT molecular complexity index is 192. The van der Waals surface area contributed by atoms with Gasteiger partial charge in [-0.15, -0.1) is 0 Å². The van der Waals surface area contributed by atoms with Crippen LogP contribution >= 0.6 is 0 Å². The van der Waals surface area contributed by atoms with Crippen LogP contribution in [-0.2, 0) is 17.7 Å². The first kappa shape index (κ1) is 18.0. The van der Waals surface area contributed by atoms with Gasteiger partial charge in [-0.2, -0.15) is 0 Å². The van der Waals surface area contributed by atoms with Gasteiger partial charge < -0.3 is 29.2 Å². The molecule has 18 heavy (non-hydrogen) atoms. The molecule has 0 spiro atoms. The normalized spacial score (nSPS) is 13.8. The lowest BCUT2D eigenvalue weighted by molar-refractivity contribution is -0.0495. The second-order valence-corrected chi connectivity index (χ2v) is 5.96. The molecule has 0 amide bonds. The van der Waals surface area contributed by atoms with Gasteiger partial charge in [0.05, 0.1) is 6.10 Å². The maximum atomic E-state index is 5.86. The lowest BCUT2D eigenvalue weighted by Crippen LogP contribution is -2.51. The van der Waals surface area contributed by atoms with Crippen LogP contribution in [0.3, 0.4) is 0 Å². The third-order valence-electron chi connectivity index (χ3n) is 2.19. The molecule has 0 aliphatic rings. The van der Waals surface area contributed by atoms with Gasteiger partial charge in [-0.3, -0.25) is 0 Å². The minimum Gasteiger partial charge on any atom is -0.351 e. The summed E-state index contributed by atoms with van der Waals surface area (Å²) >= 11 is 0. The first-order valence-corrected chi connectivity index (χ1v) is 8.27. The van der Waals surface area contributed by atoms with Crippen molar-refractivity contribution >= 4 is 9.05 Å². The predicted molar refractivity (Wildman–Crippen MR) is 72.8 cm³/mol. The highest BCUT2D eigenvalue weighted by molar-refractivity contribution is 6.53. The zero-order valence-corrected chi connectivity index (χ0v) is 12.8. The highest BCUT2D eigenvalue weighted by Gasteiger charge is 2.46. The average molecular weight is 280 g/mol. The maximum Gasteiger partial charge on any atom is 0.679 e. The number of rotatable bonds is 12. The van der Waals surface area contributed by atoms with Crippen LogP contribution in [0.25, 0.3) is 0 Å². The second-order valence-electron chi connectivity index (χ2n) is 3.86. The van der Waals surface area contributed by atoms with Crippen LogP contribution < -0.4 is 11.5 Å². The van der Waals surface area contributed by atoms with Gasteiger partial charge in [0.2, 0.25) is 0 Å². The first-order chi connectivity index (χ1) is 8.64. The van der Waals surface area contributed by atoms with Gasteiger partial charge in [-0.1, -0.05) is 0 Å². The average Bonchev–Trinajstić information content (AvgIpc) is 2.30. The molecule has 0 bridgehead atoms. The van der Waals surface area contributed by atoms with Gasteiger partial charge in [0, 0.05) is 19.8 Å². The molecule has 0 aromatic rings.